The van der Waals surface area contributed by atoms with Crippen molar-refractivity contribution in [3.8, 4) is 21.1 Å². The van der Waals surface area contributed by atoms with Crippen molar-refractivity contribution in [1.82, 2.24) is 9.97 Å². The number of rotatable bonds is 3. The Morgan fingerprint density at radius 3 is 2.57 bits per heavy atom. The molecule has 0 saturated carbocycles. The molecule has 0 fully saturated rings. The Morgan fingerprint density at radius 2 is 1.90 bits per heavy atom. The van der Waals surface area contributed by atoms with Gasteiger partial charge in [0.15, 0.2) is 0 Å². The van der Waals surface area contributed by atoms with Crippen LogP contribution in [0.25, 0.3) is 21.1 Å². The van der Waals surface area contributed by atoms with Crippen molar-refractivity contribution in [3.05, 3.63) is 57.2 Å². The highest BCUT2D eigenvalue weighted by Crippen LogP contribution is 2.37. The molecular weight excluding hydrogens is 414 g/mol. The lowest BCUT2D eigenvalue weighted by Gasteiger charge is -1.99. The van der Waals surface area contributed by atoms with Crippen molar-refractivity contribution in [2.45, 2.75) is 6.54 Å². The Kier molecular flexibility index (Phi) is 4.49. The number of pyridine rings is 1. The zero-order valence-corrected chi connectivity index (χ0v) is 14.9. The summed E-state index contributed by atoms with van der Waals surface area (Å²) in [5.41, 5.74) is 8.71. The summed E-state index contributed by atoms with van der Waals surface area (Å²) in [7, 11) is 0. The third kappa shape index (κ3) is 3.08. The van der Waals surface area contributed by atoms with Crippen LogP contribution in [0.5, 0.6) is 0 Å². The zero-order valence-electron chi connectivity index (χ0n) is 10.9. The molecular formula is C15H11Br2N3S. The molecule has 0 amide bonds. The number of nitrogens with zero attached hydrogens (tertiary/aromatic N) is 2. The molecule has 0 unspecified atom stereocenters. The predicted octanol–water partition coefficient (Wildman–Crippen LogP) is 4.86. The van der Waals surface area contributed by atoms with Crippen LogP contribution in [0.4, 0.5) is 0 Å². The van der Waals surface area contributed by atoms with Crippen LogP contribution in [-0.4, -0.2) is 9.97 Å². The Labute approximate surface area is 143 Å². The van der Waals surface area contributed by atoms with E-state index in [1.54, 1.807) is 17.5 Å². The lowest BCUT2D eigenvalue weighted by atomic mass is 10.1. The van der Waals surface area contributed by atoms with Gasteiger partial charge in [-0.2, -0.15) is 0 Å². The molecule has 0 radical (unpaired) electrons. The number of hydrogen-bond donors (Lipinski definition) is 1. The van der Waals surface area contributed by atoms with Crippen molar-refractivity contribution in [2.75, 3.05) is 0 Å². The molecule has 0 aliphatic rings. The minimum absolute atomic E-state index is 0.412. The van der Waals surface area contributed by atoms with E-state index < -0.39 is 0 Å². The molecule has 6 heteroatoms. The molecule has 0 bridgehead atoms. The molecule has 0 saturated heterocycles. The first kappa shape index (κ1) is 14.8. The third-order valence-corrected chi connectivity index (χ3v) is 5.13. The molecule has 3 aromatic rings. The molecule has 21 heavy (non-hydrogen) atoms. The molecule has 0 aliphatic heterocycles. The highest BCUT2D eigenvalue weighted by Gasteiger charge is 2.16. The fraction of sp³-hybridized carbons (Fsp3) is 0.0667. The summed E-state index contributed by atoms with van der Waals surface area (Å²) in [5.74, 6) is 0. The van der Waals surface area contributed by atoms with Gasteiger partial charge in [0.2, 0.25) is 0 Å². The summed E-state index contributed by atoms with van der Waals surface area (Å²) in [6.45, 7) is 0.412. The third-order valence-electron chi connectivity index (χ3n) is 2.94. The van der Waals surface area contributed by atoms with Crippen molar-refractivity contribution >= 4 is 43.2 Å². The van der Waals surface area contributed by atoms with E-state index in [-0.39, 0.29) is 0 Å². The molecule has 106 valence electrons. The van der Waals surface area contributed by atoms with Gasteiger partial charge in [-0.1, -0.05) is 30.3 Å². The summed E-state index contributed by atoms with van der Waals surface area (Å²) in [6, 6.07) is 12.1. The Morgan fingerprint density at radius 1 is 1.14 bits per heavy atom. The van der Waals surface area contributed by atoms with E-state index >= 15 is 0 Å². The first-order chi connectivity index (χ1) is 10.2. The summed E-state index contributed by atoms with van der Waals surface area (Å²) < 4.78 is 1.84. The molecule has 2 heterocycles. The van der Waals surface area contributed by atoms with Gasteiger partial charge in [-0.15, -0.1) is 11.3 Å². The van der Waals surface area contributed by atoms with Crippen LogP contribution in [0.3, 0.4) is 0 Å². The normalized spacial score (nSPS) is 10.8. The lowest BCUT2D eigenvalue weighted by molar-refractivity contribution is 1.01. The standard InChI is InChI=1S/C15H11Br2N3S/c16-10-6-11(17)13(19-8-10)15-20-12(7-18)14(21-15)9-4-2-1-3-5-9/h1-6,8H,7,18H2. The molecule has 2 N–H and O–H groups in total. The van der Waals surface area contributed by atoms with Crippen molar-refractivity contribution in [3.63, 3.8) is 0 Å². The maximum Gasteiger partial charge on any atom is 0.143 e. The van der Waals surface area contributed by atoms with Gasteiger partial charge in [0.1, 0.15) is 10.7 Å². The first-order valence-electron chi connectivity index (χ1n) is 6.25. The fourth-order valence-corrected chi connectivity index (χ4v) is 4.39. The minimum atomic E-state index is 0.412. The maximum atomic E-state index is 5.85. The summed E-state index contributed by atoms with van der Waals surface area (Å²) in [5, 5.41) is 0.869. The second kappa shape index (κ2) is 6.36. The van der Waals surface area contributed by atoms with Gasteiger partial charge in [0.25, 0.3) is 0 Å². The molecule has 0 spiro atoms. The van der Waals surface area contributed by atoms with E-state index in [2.05, 4.69) is 54.0 Å². The van der Waals surface area contributed by atoms with Crippen LogP contribution < -0.4 is 5.73 Å². The second-order valence-electron chi connectivity index (χ2n) is 4.35. The number of nitrogens with two attached hydrogens (primary N) is 1. The van der Waals surface area contributed by atoms with Crippen molar-refractivity contribution in [2.24, 2.45) is 5.73 Å². The maximum absolute atomic E-state index is 5.85. The van der Waals surface area contributed by atoms with Crippen LogP contribution in [0.1, 0.15) is 5.69 Å². The van der Waals surface area contributed by atoms with Crippen LogP contribution in [-0.2, 0) is 6.54 Å². The Balaban J connectivity index is 2.12. The van der Waals surface area contributed by atoms with Gasteiger partial charge >= 0.3 is 0 Å². The number of hydrogen-bond acceptors (Lipinski definition) is 4. The van der Waals surface area contributed by atoms with Gasteiger partial charge < -0.3 is 5.73 Å². The summed E-state index contributed by atoms with van der Waals surface area (Å²) >= 11 is 8.56. The van der Waals surface area contributed by atoms with Gasteiger partial charge in [0.05, 0.1) is 10.6 Å². The van der Waals surface area contributed by atoms with Crippen molar-refractivity contribution < 1.29 is 0 Å². The average Bonchev–Trinajstić information content (AvgIpc) is 2.92. The molecule has 0 atom stereocenters. The van der Waals surface area contributed by atoms with E-state index in [4.69, 9.17) is 5.73 Å². The van der Waals surface area contributed by atoms with Gasteiger partial charge in [-0.3, -0.25) is 4.98 Å². The fourth-order valence-electron chi connectivity index (χ4n) is 1.98. The average molecular weight is 425 g/mol. The molecule has 0 aliphatic carbocycles. The van der Waals surface area contributed by atoms with Gasteiger partial charge in [0, 0.05) is 21.7 Å². The van der Waals surface area contributed by atoms with Gasteiger partial charge in [-0.05, 0) is 43.5 Å². The molecule has 3 rings (SSSR count). The highest BCUT2D eigenvalue weighted by molar-refractivity contribution is 9.11. The quantitative estimate of drug-likeness (QED) is 0.653. The SMILES string of the molecule is NCc1nc(-c2ncc(Br)cc2Br)sc1-c1ccccc1. The van der Waals surface area contributed by atoms with E-state index in [9.17, 15) is 0 Å². The van der Waals surface area contributed by atoms with Gasteiger partial charge in [-0.25, -0.2) is 4.98 Å². The van der Waals surface area contributed by atoms with Crippen LogP contribution in [0.15, 0.2) is 51.5 Å². The first-order valence-corrected chi connectivity index (χ1v) is 8.66. The van der Waals surface area contributed by atoms with Crippen LogP contribution in [0.2, 0.25) is 0 Å². The smallest absolute Gasteiger partial charge is 0.143 e. The van der Waals surface area contributed by atoms with Crippen LogP contribution in [0, 0.1) is 0 Å². The second-order valence-corrected chi connectivity index (χ2v) is 7.12. The van der Waals surface area contributed by atoms with E-state index in [0.29, 0.717) is 6.54 Å². The zero-order chi connectivity index (χ0) is 14.8. The number of benzene rings is 1. The molecule has 2 aromatic heterocycles. The van der Waals surface area contributed by atoms with E-state index in [1.807, 2.05) is 24.3 Å². The van der Waals surface area contributed by atoms with Crippen molar-refractivity contribution in [1.29, 1.82) is 0 Å². The molecule has 1 aromatic carbocycles. The van der Waals surface area contributed by atoms with E-state index in [0.717, 1.165) is 35.8 Å². The monoisotopic (exact) mass is 423 g/mol. The minimum Gasteiger partial charge on any atom is -0.325 e. The Bertz CT molecular complexity index is 772. The van der Waals surface area contributed by atoms with Crippen LogP contribution >= 0.6 is 43.2 Å². The predicted molar refractivity (Wildman–Crippen MR) is 94.1 cm³/mol. The lowest BCUT2D eigenvalue weighted by Crippen LogP contribution is -1.98. The summed E-state index contributed by atoms with van der Waals surface area (Å²) in [6.07, 6.45) is 1.77. The largest absolute Gasteiger partial charge is 0.325 e. The molecule has 3 nitrogen and oxygen atoms in total. The Hall–Kier alpha value is -1.08. The number of thiazole rings is 1. The number of aromatic nitrogens is 2. The number of halogens is 2. The summed E-state index contributed by atoms with van der Waals surface area (Å²) in [4.78, 5) is 10.2. The van der Waals surface area contributed by atoms with E-state index in [1.165, 1.54) is 0 Å². The topological polar surface area (TPSA) is 51.8 Å². The highest BCUT2D eigenvalue weighted by atomic mass is 79.9.